The highest BCUT2D eigenvalue weighted by atomic mass is 15.1. The van der Waals surface area contributed by atoms with Crippen molar-refractivity contribution in [3.05, 3.63) is 132 Å². The van der Waals surface area contributed by atoms with Crippen molar-refractivity contribution in [3.8, 4) is 39.3 Å². The topological polar surface area (TPSA) is 17.8 Å². The third kappa shape index (κ3) is 2.86. The third-order valence-electron chi connectivity index (χ3n) is 8.38. The Kier molecular flexibility index (Phi) is 4.31. The fourth-order valence-electron chi connectivity index (χ4n) is 6.53. The van der Waals surface area contributed by atoms with Crippen molar-refractivity contribution in [1.29, 1.82) is 0 Å². The first-order valence-corrected chi connectivity index (χ1v) is 13.2. The zero-order chi connectivity index (χ0) is 25.4. The highest BCUT2D eigenvalue weighted by Crippen LogP contribution is 2.51. The number of aromatic nitrogens is 2. The molecule has 8 rings (SSSR count). The molecule has 0 radical (unpaired) electrons. The number of nitrogens with zero attached hydrogens (tertiary/aromatic N) is 2. The van der Waals surface area contributed by atoms with Crippen molar-refractivity contribution in [3.63, 3.8) is 0 Å². The van der Waals surface area contributed by atoms with Gasteiger partial charge in [-0.2, -0.15) is 0 Å². The van der Waals surface area contributed by atoms with Crippen LogP contribution < -0.4 is 0 Å². The number of hydrogen-bond acceptors (Lipinski definition) is 1. The Bertz CT molecular complexity index is 1990. The minimum atomic E-state index is -0.0587. The molecule has 0 N–H and O–H groups in total. The van der Waals surface area contributed by atoms with Crippen LogP contribution in [-0.4, -0.2) is 9.55 Å². The number of hydrogen-bond donors (Lipinski definition) is 0. The minimum Gasteiger partial charge on any atom is -0.293 e. The third-order valence-corrected chi connectivity index (χ3v) is 8.38. The Balaban J connectivity index is 1.51. The summed E-state index contributed by atoms with van der Waals surface area (Å²) < 4.78 is 2.40. The summed E-state index contributed by atoms with van der Waals surface area (Å²) >= 11 is 0. The number of fused-ring (bicyclic) bond motifs is 7. The van der Waals surface area contributed by atoms with Gasteiger partial charge in [0.15, 0.2) is 0 Å². The van der Waals surface area contributed by atoms with Gasteiger partial charge < -0.3 is 0 Å². The molecule has 1 aliphatic carbocycles. The number of benzene rings is 5. The molecule has 0 spiro atoms. The molecule has 180 valence electrons. The Morgan fingerprint density at radius 3 is 2.26 bits per heavy atom. The van der Waals surface area contributed by atoms with Crippen LogP contribution in [0.4, 0.5) is 0 Å². The molecular formula is C36H26N2. The first kappa shape index (κ1) is 21.4. The van der Waals surface area contributed by atoms with Gasteiger partial charge in [-0.05, 0) is 63.5 Å². The number of para-hydroxylation sites is 1. The van der Waals surface area contributed by atoms with Crippen LogP contribution in [0.1, 0.15) is 25.0 Å². The largest absolute Gasteiger partial charge is 0.293 e. The molecule has 0 saturated heterocycles. The minimum absolute atomic E-state index is 0.0587. The Labute approximate surface area is 222 Å². The predicted molar refractivity (Wildman–Crippen MR) is 158 cm³/mol. The molecule has 0 fully saturated rings. The zero-order valence-electron chi connectivity index (χ0n) is 21.4. The van der Waals surface area contributed by atoms with E-state index in [9.17, 15) is 0 Å². The lowest BCUT2D eigenvalue weighted by Crippen LogP contribution is -2.15. The van der Waals surface area contributed by atoms with Crippen molar-refractivity contribution in [2.24, 2.45) is 0 Å². The van der Waals surface area contributed by atoms with Gasteiger partial charge in [-0.3, -0.25) is 4.57 Å². The molecule has 2 nitrogen and oxygen atoms in total. The SMILES string of the molecule is CC1(C)c2ccccc2-c2c(-n3c4nc5ccccc5c-4cc4cc(-c5ccccc5)ccc43)cccc21. The maximum absolute atomic E-state index is 5.20. The first-order valence-electron chi connectivity index (χ1n) is 13.2. The highest BCUT2D eigenvalue weighted by molar-refractivity contribution is 6.03. The Morgan fingerprint density at radius 1 is 0.605 bits per heavy atom. The summed E-state index contributed by atoms with van der Waals surface area (Å²) in [7, 11) is 0. The lowest BCUT2D eigenvalue weighted by molar-refractivity contribution is 0.660. The van der Waals surface area contributed by atoms with Crippen molar-refractivity contribution in [2.75, 3.05) is 0 Å². The number of pyridine rings is 1. The van der Waals surface area contributed by atoms with Crippen LogP contribution in [0.3, 0.4) is 0 Å². The van der Waals surface area contributed by atoms with Gasteiger partial charge >= 0.3 is 0 Å². The Morgan fingerprint density at radius 2 is 1.37 bits per heavy atom. The molecule has 0 aromatic heterocycles. The average molecular weight is 487 g/mol. The van der Waals surface area contributed by atoms with Crippen LogP contribution in [0.2, 0.25) is 0 Å². The van der Waals surface area contributed by atoms with Gasteiger partial charge in [-0.15, -0.1) is 0 Å². The highest BCUT2D eigenvalue weighted by Gasteiger charge is 2.37. The summed E-state index contributed by atoms with van der Waals surface area (Å²) in [5.41, 5.74) is 12.3. The standard InChI is InChI=1S/C36H26N2/c1-36(2)29-15-8-6-14-27(29)34-30(36)16-10-18-33(34)38-32-20-19-24(23-11-4-3-5-12-23)21-25(32)22-28-26-13-7-9-17-31(26)37-35(28)38/h3-22H,1-2H3. The smallest absolute Gasteiger partial charge is 0.146 e. The number of rotatable bonds is 2. The van der Waals surface area contributed by atoms with E-state index in [1.807, 2.05) is 0 Å². The molecule has 2 aliphatic heterocycles. The van der Waals surface area contributed by atoms with Gasteiger partial charge in [-0.25, -0.2) is 4.98 Å². The van der Waals surface area contributed by atoms with Gasteiger partial charge in [0.1, 0.15) is 5.82 Å². The lowest BCUT2D eigenvalue weighted by Gasteiger charge is -2.23. The van der Waals surface area contributed by atoms with Crippen molar-refractivity contribution < 1.29 is 0 Å². The fraction of sp³-hybridized carbons (Fsp3) is 0.0833. The molecule has 0 saturated carbocycles. The van der Waals surface area contributed by atoms with Gasteiger partial charge in [-0.1, -0.05) is 105 Å². The first-order chi connectivity index (χ1) is 18.6. The van der Waals surface area contributed by atoms with Gasteiger partial charge in [0.2, 0.25) is 0 Å². The summed E-state index contributed by atoms with van der Waals surface area (Å²) in [5.74, 6) is 1.00. The monoisotopic (exact) mass is 486 g/mol. The van der Waals surface area contributed by atoms with Crippen LogP contribution in [0.25, 0.3) is 61.1 Å². The second-order valence-electron chi connectivity index (χ2n) is 10.9. The van der Waals surface area contributed by atoms with Crippen molar-refractivity contribution in [1.82, 2.24) is 9.55 Å². The summed E-state index contributed by atoms with van der Waals surface area (Å²) in [4.78, 5) is 5.20. The van der Waals surface area contributed by atoms with Crippen LogP contribution in [0.5, 0.6) is 0 Å². The van der Waals surface area contributed by atoms with Crippen LogP contribution in [0.15, 0.2) is 121 Å². The molecule has 2 heterocycles. The zero-order valence-corrected chi connectivity index (χ0v) is 21.4. The Hall–Kier alpha value is -4.69. The molecule has 38 heavy (non-hydrogen) atoms. The molecule has 0 bridgehead atoms. The maximum Gasteiger partial charge on any atom is 0.146 e. The van der Waals surface area contributed by atoms with Gasteiger partial charge in [0, 0.05) is 21.9 Å². The molecule has 0 amide bonds. The van der Waals surface area contributed by atoms with E-state index >= 15 is 0 Å². The maximum atomic E-state index is 5.20. The van der Waals surface area contributed by atoms with E-state index in [1.165, 1.54) is 55.4 Å². The van der Waals surface area contributed by atoms with Crippen molar-refractivity contribution >= 4 is 21.8 Å². The van der Waals surface area contributed by atoms with Crippen LogP contribution in [0, 0.1) is 0 Å². The molecule has 0 unspecified atom stereocenters. The van der Waals surface area contributed by atoms with E-state index in [0.29, 0.717) is 0 Å². The van der Waals surface area contributed by atoms with Crippen LogP contribution >= 0.6 is 0 Å². The average Bonchev–Trinajstić information content (AvgIpc) is 3.44. The normalized spacial score (nSPS) is 13.7. The summed E-state index contributed by atoms with van der Waals surface area (Å²) in [6, 6.07) is 43.9. The quantitative estimate of drug-likeness (QED) is 0.238. The van der Waals surface area contributed by atoms with E-state index in [0.717, 1.165) is 16.9 Å². The fourth-order valence-corrected chi connectivity index (χ4v) is 6.53. The van der Waals surface area contributed by atoms with E-state index in [1.54, 1.807) is 0 Å². The van der Waals surface area contributed by atoms with E-state index in [-0.39, 0.29) is 5.41 Å². The second-order valence-corrected chi connectivity index (χ2v) is 10.9. The lowest BCUT2D eigenvalue weighted by atomic mass is 9.82. The van der Waals surface area contributed by atoms with Crippen LogP contribution in [-0.2, 0) is 5.41 Å². The predicted octanol–water partition coefficient (Wildman–Crippen LogP) is 9.26. The van der Waals surface area contributed by atoms with E-state index in [4.69, 9.17) is 4.98 Å². The molecule has 5 aromatic carbocycles. The molecule has 5 aromatic rings. The summed E-state index contributed by atoms with van der Waals surface area (Å²) in [6.07, 6.45) is 0. The molecule has 3 aliphatic rings. The molecule has 2 heteroatoms. The molecule has 0 atom stereocenters. The summed E-state index contributed by atoms with van der Waals surface area (Å²) in [5, 5.41) is 2.40. The van der Waals surface area contributed by atoms with E-state index in [2.05, 4.69) is 140 Å². The van der Waals surface area contributed by atoms with E-state index < -0.39 is 0 Å². The summed E-state index contributed by atoms with van der Waals surface area (Å²) in [6.45, 7) is 4.68. The van der Waals surface area contributed by atoms with Gasteiger partial charge in [0.05, 0.1) is 16.7 Å². The van der Waals surface area contributed by atoms with Crippen molar-refractivity contribution in [2.45, 2.75) is 19.3 Å². The second kappa shape index (κ2) is 7.66. The van der Waals surface area contributed by atoms with Gasteiger partial charge in [0.25, 0.3) is 0 Å². The molecular weight excluding hydrogens is 460 g/mol.